The van der Waals surface area contributed by atoms with Gasteiger partial charge in [-0.2, -0.15) is 0 Å². The smallest absolute Gasteiger partial charge is 0.272 e. The zero-order valence-corrected chi connectivity index (χ0v) is 12.4. The number of methoxy groups -OCH3 is 1. The second-order valence-electron chi connectivity index (χ2n) is 4.88. The van der Waals surface area contributed by atoms with Crippen molar-refractivity contribution >= 4 is 11.6 Å². The highest BCUT2D eigenvalue weighted by molar-refractivity contribution is 6.46. The number of carbonyl (C=O) groups is 1. The van der Waals surface area contributed by atoms with Crippen LogP contribution in [0.1, 0.15) is 45.1 Å². The fourth-order valence-corrected chi connectivity index (χ4v) is 2.70. The normalized spacial score (nSPS) is 19.1. The number of nitrogens with one attached hydrogen (secondary N) is 1. The van der Waals surface area contributed by atoms with Crippen LogP contribution >= 0.6 is 0 Å². The molecule has 4 heteroatoms. The van der Waals surface area contributed by atoms with E-state index in [1.54, 1.807) is 7.11 Å². The van der Waals surface area contributed by atoms with Crippen LogP contribution in [-0.4, -0.2) is 24.4 Å². The molecule has 1 aromatic rings. The van der Waals surface area contributed by atoms with Gasteiger partial charge in [0, 0.05) is 5.56 Å². The van der Waals surface area contributed by atoms with Gasteiger partial charge >= 0.3 is 0 Å². The molecule has 0 radical (unpaired) electrons. The van der Waals surface area contributed by atoms with Crippen LogP contribution < -0.4 is 10.1 Å². The first kappa shape index (κ1) is 14.6. The maximum atomic E-state index is 12.0. The Morgan fingerprint density at radius 3 is 2.30 bits per heavy atom. The largest absolute Gasteiger partial charge is 0.497 e. The second-order valence-corrected chi connectivity index (χ2v) is 4.88. The molecular formula is C16H22N2O2. The molecule has 0 bridgehead atoms. The molecule has 0 atom stereocenters. The quantitative estimate of drug-likeness (QED) is 0.901. The topological polar surface area (TPSA) is 50.7 Å². The summed E-state index contributed by atoms with van der Waals surface area (Å²) in [6.45, 7) is 4.00. The molecule has 108 valence electrons. The molecule has 1 aliphatic carbocycles. The van der Waals surface area contributed by atoms with Gasteiger partial charge in [-0.1, -0.05) is 13.8 Å². The van der Waals surface area contributed by atoms with Gasteiger partial charge in [0.15, 0.2) is 0 Å². The third-order valence-corrected chi connectivity index (χ3v) is 3.68. The highest BCUT2D eigenvalue weighted by atomic mass is 16.5. The molecule has 1 N–H and O–H groups in total. The highest BCUT2D eigenvalue weighted by Crippen LogP contribution is 2.34. The van der Waals surface area contributed by atoms with Gasteiger partial charge in [-0.15, -0.1) is 0 Å². The lowest BCUT2D eigenvalue weighted by atomic mass is 10.1. The summed E-state index contributed by atoms with van der Waals surface area (Å²) >= 11 is 0. The number of hydrogen-bond acceptors (Lipinski definition) is 3. The van der Waals surface area contributed by atoms with Crippen molar-refractivity contribution in [3.05, 3.63) is 29.8 Å². The molecule has 2 aliphatic rings. The third kappa shape index (κ3) is 2.69. The number of ether oxygens (including phenoxy) is 1. The van der Waals surface area contributed by atoms with Crippen molar-refractivity contribution in [2.75, 3.05) is 7.11 Å². The van der Waals surface area contributed by atoms with Gasteiger partial charge in [0.25, 0.3) is 5.91 Å². The fourth-order valence-electron chi connectivity index (χ4n) is 2.70. The van der Waals surface area contributed by atoms with E-state index in [-0.39, 0.29) is 11.6 Å². The monoisotopic (exact) mass is 274 g/mol. The minimum atomic E-state index is -0.313. The second kappa shape index (κ2) is 6.07. The number of amides is 1. The molecular weight excluding hydrogens is 252 g/mol. The van der Waals surface area contributed by atoms with Gasteiger partial charge < -0.3 is 10.1 Å². The van der Waals surface area contributed by atoms with Gasteiger partial charge in [0.1, 0.15) is 17.1 Å². The molecule has 0 saturated heterocycles. The predicted octanol–water partition coefficient (Wildman–Crippen LogP) is 2.91. The number of carbonyl (C=O) groups excluding carboxylic acids is 1. The van der Waals surface area contributed by atoms with Crippen molar-refractivity contribution in [2.24, 2.45) is 4.99 Å². The molecule has 1 amide bonds. The van der Waals surface area contributed by atoms with Crippen molar-refractivity contribution in [3.8, 4) is 5.75 Å². The molecule has 1 fully saturated rings. The van der Waals surface area contributed by atoms with Crippen LogP contribution in [-0.2, 0) is 4.79 Å². The summed E-state index contributed by atoms with van der Waals surface area (Å²) in [6.07, 6.45) is 4.19. The Labute approximate surface area is 120 Å². The zero-order chi connectivity index (χ0) is 14.6. The van der Waals surface area contributed by atoms with E-state index in [0.717, 1.165) is 37.0 Å². The summed E-state index contributed by atoms with van der Waals surface area (Å²) in [4.78, 5) is 16.7. The van der Waals surface area contributed by atoms with Crippen LogP contribution in [0.2, 0.25) is 0 Å². The maximum Gasteiger partial charge on any atom is 0.272 e. The standard InChI is InChI=1S/C14H16N2O2.C2H6/c1-18-11-6-4-10(5-7-11)12-13(17)16-14(15-12)8-2-3-9-14;1-2/h4-7H,2-3,8-9H2,1H3,(H,16,17);1-2H3. The van der Waals surface area contributed by atoms with E-state index in [1.807, 2.05) is 38.1 Å². The van der Waals surface area contributed by atoms with E-state index in [4.69, 9.17) is 4.74 Å². The van der Waals surface area contributed by atoms with Crippen LogP contribution in [0.5, 0.6) is 5.75 Å². The minimum absolute atomic E-state index is 0.0536. The molecule has 1 saturated carbocycles. The summed E-state index contributed by atoms with van der Waals surface area (Å²) in [5, 5.41) is 3.03. The van der Waals surface area contributed by atoms with Gasteiger partial charge in [-0.05, 0) is 49.9 Å². The molecule has 1 heterocycles. The molecule has 1 aromatic carbocycles. The predicted molar refractivity (Wildman–Crippen MR) is 80.2 cm³/mol. The van der Waals surface area contributed by atoms with Gasteiger partial charge in [-0.3, -0.25) is 9.79 Å². The van der Waals surface area contributed by atoms with E-state index in [1.165, 1.54) is 0 Å². The van der Waals surface area contributed by atoms with E-state index in [9.17, 15) is 4.79 Å². The average Bonchev–Trinajstić information content (AvgIpc) is 3.08. The van der Waals surface area contributed by atoms with Crippen LogP contribution in [0, 0.1) is 0 Å². The minimum Gasteiger partial charge on any atom is -0.497 e. The molecule has 1 spiro atoms. The third-order valence-electron chi connectivity index (χ3n) is 3.68. The van der Waals surface area contributed by atoms with E-state index in [2.05, 4.69) is 10.3 Å². The first-order valence-electron chi connectivity index (χ1n) is 7.29. The van der Waals surface area contributed by atoms with Crippen molar-refractivity contribution in [1.82, 2.24) is 5.32 Å². The van der Waals surface area contributed by atoms with Crippen molar-refractivity contribution in [2.45, 2.75) is 45.2 Å². The number of benzene rings is 1. The number of rotatable bonds is 2. The summed E-state index contributed by atoms with van der Waals surface area (Å²) in [6, 6.07) is 7.46. The van der Waals surface area contributed by atoms with Crippen LogP contribution in [0.3, 0.4) is 0 Å². The van der Waals surface area contributed by atoms with Gasteiger partial charge in [-0.25, -0.2) is 0 Å². The van der Waals surface area contributed by atoms with E-state index < -0.39 is 0 Å². The summed E-state index contributed by atoms with van der Waals surface area (Å²) < 4.78 is 5.11. The molecule has 3 rings (SSSR count). The number of hydrogen-bond donors (Lipinski definition) is 1. The molecule has 4 nitrogen and oxygen atoms in total. The van der Waals surface area contributed by atoms with Gasteiger partial charge in [0.05, 0.1) is 7.11 Å². The molecule has 1 aliphatic heterocycles. The fraction of sp³-hybridized carbons (Fsp3) is 0.500. The Kier molecular flexibility index (Phi) is 4.42. The Bertz CT molecular complexity index is 500. The molecule has 20 heavy (non-hydrogen) atoms. The summed E-state index contributed by atoms with van der Waals surface area (Å²) in [5.41, 5.74) is 1.10. The summed E-state index contributed by atoms with van der Waals surface area (Å²) in [5.74, 6) is 0.732. The average molecular weight is 274 g/mol. The maximum absolute atomic E-state index is 12.0. The first-order valence-corrected chi connectivity index (χ1v) is 7.29. The SMILES string of the molecule is CC.COc1ccc(C2=NC3(CCCC3)NC2=O)cc1. The molecule has 0 unspecified atom stereocenters. The highest BCUT2D eigenvalue weighted by Gasteiger charge is 2.41. The van der Waals surface area contributed by atoms with Crippen molar-refractivity contribution < 1.29 is 9.53 Å². The Balaban J connectivity index is 0.000000704. The molecule has 0 aromatic heterocycles. The van der Waals surface area contributed by atoms with E-state index in [0.29, 0.717) is 5.71 Å². The van der Waals surface area contributed by atoms with Crippen LogP contribution in [0.15, 0.2) is 29.3 Å². The zero-order valence-electron chi connectivity index (χ0n) is 12.4. The lowest BCUT2D eigenvalue weighted by Crippen LogP contribution is -2.39. The van der Waals surface area contributed by atoms with Crippen LogP contribution in [0.4, 0.5) is 0 Å². The Hall–Kier alpha value is -1.84. The first-order chi connectivity index (χ1) is 9.72. The lowest BCUT2D eigenvalue weighted by molar-refractivity contribution is -0.115. The van der Waals surface area contributed by atoms with Crippen LogP contribution in [0.25, 0.3) is 0 Å². The van der Waals surface area contributed by atoms with E-state index >= 15 is 0 Å². The number of nitrogens with zero attached hydrogens (tertiary/aromatic N) is 1. The summed E-state index contributed by atoms with van der Waals surface area (Å²) in [7, 11) is 1.63. The van der Waals surface area contributed by atoms with Gasteiger partial charge in [0.2, 0.25) is 0 Å². The number of aliphatic imine (C=N–C) groups is 1. The van der Waals surface area contributed by atoms with Crippen molar-refractivity contribution in [1.29, 1.82) is 0 Å². The Morgan fingerprint density at radius 2 is 1.75 bits per heavy atom. The Morgan fingerprint density at radius 1 is 1.15 bits per heavy atom. The van der Waals surface area contributed by atoms with Crippen molar-refractivity contribution in [3.63, 3.8) is 0 Å². The lowest BCUT2D eigenvalue weighted by Gasteiger charge is -2.18.